The van der Waals surface area contributed by atoms with E-state index in [1.54, 1.807) is 17.0 Å². The van der Waals surface area contributed by atoms with Crippen LogP contribution >= 0.6 is 0 Å². The van der Waals surface area contributed by atoms with Crippen LogP contribution in [0.15, 0.2) is 18.2 Å². The van der Waals surface area contributed by atoms with Gasteiger partial charge < -0.3 is 19.9 Å². The van der Waals surface area contributed by atoms with E-state index in [0.717, 1.165) is 38.0 Å². The zero-order valence-corrected chi connectivity index (χ0v) is 18.4. The number of amides is 2. The summed E-state index contributed by atoms with van der Waals surface area (Å²) in [6.07, 6.45) is 2.69. The highest BCUT2D eigenvalue weighted by Crippen LogP contribution is 2.26. The number of ether oxygens (including phenoxy) is 1. The lowest BCUT2D eigenvalue weighted by molar-refractivity contribution is 0.0146. The molecule has 2 fully saturated rings. The molecule has 7 heteroatoms. The summed E-state index contributed by atoms with van der Waals surface area (Å²) in [5, 5.41) is 12.6. The van der Waals surface area contributed by atoms with Crippen LogP contribution in [0.2, 0.25) is 0 Å². The molecule has 3 rings (SSSR count). The zero-order valence-electron chi connectivity index (χ0n) is 18.4. The Kier molecular flexibility index (Phi) is 6.55. The van der Waals surface area contributed by atoms with Gasteiger partial charge in [-0.25, -0.2) is 4.79 Å². The first-order chi connectivity index (χ1) is 14.2. The third-order valence-corrected chi connectivity index (χ3v) is 5.75. The largest absolute Gasteiger partial charge is 0.444 e. The Hall–Kier alpha value is -2.75. The molecule has 30 heavy (non-hydrogen) atoms. The summed E-state index contributed by atoms with van der Waals surface area (Å²) in [6, 6.07) is 7.39. The van der Waals surface area contributed by atoms with Gasteiger partial charge in [0, 0.05) is 37.8 Å². The third kappa shape index (κ3) is 5.24. The van der Waals surface area contributed by atoms with E-state index in [1.165, 1.54) is 0 Å². The lowest BCUT2D eigenvalue weighted by Gasteiger charge is -2.38. The number of hydrogen-bond donors (Lipinski definition) is 1. The van der Waals surface area contributed by atoms with Crippen LogP contribution in [-0.4, -0.2) is 54.7 Å². The van der Waals surface area contributed by atoms with E-state index < -0.39 is 5.60 Å². The predicted octanol–water partition coefficient (Wildman–Crippen LogP) is 3.53. The van der Waals surface area contributed by atoms with Crippen molar-refractivity contribution >= 4 is 17.7 Å². The number of benzene rings is 1. The molecule has 1 N–H and O–H groups in total. The van der Waals surface area contributed by atoms with Gasteiger partial charge in [-0.2, -0.15) is 5.26 Å². The highest BCUT2D eigenvalue weighted by molar-refractivity contribution is 5.95. The highest BCUT2D eigenvalue weighted by Gasteiger charge is 2.32. The van der Waals surface area contributed by atoms with Gasteiger partial charge >= 0.3 is 6.09 Å². The van der Waals surface area contributed by atoms with Crippen molar-refractivity contribution in [3.05, 3.63) is 29.3 Å². The standard InChI is InChI=1S/C23H32N4O3/c1-16-9-12-27(22(29)30-23(2,3)4)15-19(16)25-21(28)17-7-8-20(18(13-17)14-24)26-10-5-6-11-26/h7-8,13,16,19H,5-6,9-12,15H2,1-4H3,(H,25,28)/t16-,19-/m1/s1. The lowest BCUT2D eigenvalue weighted by Crippen LogP contribution is -2.54. The van der Waals surface area contributed by atoms with E-state index in [-0.39, 0.29) is 24.0 Å². The van der Waals surface area contributed by atoms with E-state index in [0.29, 0.717) is 24.2 Å². The average Bonchev–Trinajstić information content (AvgIpc) is 3.22. The van der Waals surface area contributed by atoms with E-state index in [9.17, 15) is 14.9 Å². The molecule has 0 spiro atoms. The molecule has 0 aliphatic carbocycles. The number of carbonyl (C=O) groups is 2. The first-order valence-electron chi connectivity index (χ1n) is 10.8. The van der Waals surface area contributed by atoms with Gasteiger partial charge in [0.15, 0.2) is 0 Å². The van der Waals surface area contributed by atoms with Crippen molar-refractivity contribution in [2.45, 2.75) is 58.6 Å². The fourth-order valence-corrected chi connectivity index (χ4v) is 4.00. The second-order valence-corrected chi connectivity index (χ2v) is 9.31. The molecule has 2 aliphatic heterocycles. The summed E-state index contributed by atoms with van der Waals surface area (Å²) in [6.45, 7) is 10.5. The monoisotopic (exact) mass is 412 g/mol. The van der Waals surface area contributed by atoms with Crippen LogP contribution in [0, 0.1) is 17.2 Å². The fourth-order valence-electron chi connectivity index (χ4n) is 4.00. The van der Waals surface area contributed by atoms with Gasteiger partial charge in [0.05, 0.1) is 11.3 Å². The number of likely N-dealkylation sites (tertiary alicyclic amines) is 1. The maximum Gasteiger partial charge on any atom is 0.410 e. The van der Waals surface area contributed by atoms with Gasteiger partial charge in [0.2, 0.25) is 0 Å². The van der Waals surface area contributed by atoms with Crippen molar-refractivity contribution < 1.29 is 14.3 Å². The van der Waals surface area contributed by atoms with Crippen molar-refractivity contribution in [1.82, 2.24) is 10.2 Å². The zero-order chi connectivity index (χ0) is 21.9. The molecule has 0 bridgehead atoms. The van der Waals surface area contributed by atoms with Crippen molar-refractivity contribution in [1.29, 1.82) is 5.26 Å². The SMILES string of the molecule is C[C@@H]1CCN(C(=O)OC(C)(C)C)C[C@H]1NC(=O)c1ccc(N2CCCC2)c(C#N)c1. The normalized spacial score (nSPS) is 21.8. The van der Waals surface area contributed by atoms with E-state index in [4.69, 9.17) is 4.74 Å². The van der Waals surface area contributed by atoms with Crippen LogP contribution < -0.4 is 10.2 Å². The minimum atomic E-state index is -0.552. The Morgan fingerprint density at radius 1 is 1.20 bits per heavy atom. The molecular formula is C23H32N4O3. The van der Waals surface area contributed by atoms with E-state index in [1.807, 2.05) is 26.8 Å². The maximum atomic E-state index is 12.9. The first-order valence-corrected chi connectivity index (χ1v) is 10.8. The minimum Gasteiger partial charge on any atom is -0.444 e. The van der Waals surface area contributed by atoms with Crippen molar-refractivity contribution in [2.75, 3.05) is 31.1 Å². The van der Waals surface area contributed by atoms with Gasteiger partial charge in [-0.1, -0.05) is 6.92 Å². The second kappa shape index (κ2) is 8.95. The molecular weight excluding hydrogens is 380 g/mol. The van der Waals surface area contributed by atoms with Crippen molar-refractivity contribution in [3.8, 4) is 6.07 Å². The molecule has 2 saturated heterocycles. The fraction of sp³-hybridized carbons (Fsp3) is 0.609. The minimum absolute atomic E-state index is 0.164. The van der Waals surface area contributed by atoms with Crippen LogP contribution in [0.5, 0.6) is 0 Å². The quantitative estimate of drug-likeness (QED) is 0.821. The van der Waals surface area contributed by atoms with Gasteiger partial charge in [-0.15, -0.1) is 0 Å². The van der Waals surface area contributed by atoms with E-state index >= 15 is 0 Å². The number of nitriles is 1. The number of carbonyl (C=O) groups excluding carboxylic acids is 2. The van der Waals surface area contributed by atoms with Crippen molar-refractivity contribution in [2.24, 2.45) is 5.92 Å². The van der Waals surface area contributed by atoms with Gasteiger partial charge in [-0.3, -0.25) is 4.79 Å². The first kappa shape index (κ1) is 21.9. The Morgan fingerprint density at radius 2 is 1.90 bits per heavy atom. The molecule has 0 radical (unpaired) electrons. The number of anilines is 1. The summed E-state index contributed by atoms with van der Waals surface area (Å²) < 4.78 is 5.48. The Morgan fingerprint density at radius 3 is 2.53 bits per heavy atom. The molecule has 0 unspecified atom stereocenters. The number of rotatable bonds is 3. The highest BCUT2D eigenvalue weighted by atomic mass is 16.6. The third-order valence-electron chi connectivity index (χ3n) is 5.75. The Balaban J connectivity index is 1.68. The second-order valence-electron chi connectivity index (χ2n) is 9.31. The molecule has 0 aromatic heterocycles. The number of hydrogen-bond acceptors (Lipinski definition) is 5. The number of piperidine rings is 1. The van der Waals surface area contributed by atoms with Crippen LogP contribution in [0.1, 0.15) is 62.9 Å². The summed E-state index contributed by atoms with van der Waals surface area (Å²) in [4.78, 5) is 29.2. The summed E-state index contributed by atoms with van der Waals surface area (Å²) in [7, 11) is 0. The lowest BCUT2D eigenvalue weighted by atomic mass is 9.93. The number of nitrogens with one attached hydrogen (secondary N) is 1. The smallest absolute Gasteiger partial charge is 0.410 e. The molecule has 2 atom stereocenters. The van der Waals surface area contributed by atoms with E-state index in [2.05, 4.69) is 23.2 Å². The molecule has 2 aliphatic rings. The average molecular weight is 413 g/mol. The van der Waals surface area contributed by atoms with Crippen LogP contribution in [0.4, 0.5) is 10.5 Å². The molecule has 1 aromatic rings. The summed E-state index contributed by atoms with van der Waals surface area (Å²) in [5.41, 5.74) is 1.34. The summed E-state index contributed by atoms with van der Waals surface area (Å²) >= 11 is 0. The van der Waals surface area contributed by atoms with Crippen LogP contribution in [0.25, 0.3) is 0 Å². The van der Waals surface area contributed by atoms with Gasteiger partial charge in [-0.05, 0) is 64.2 Å². The Bertz CT molecular complexity index is 834. The van der Waals surface area contributed by atoms with Crippen LogP contribution in [0.3, 0.4) is 0 Å². The molecule has 1 aromatic carbocycles. The maximum absolute atomic E-state index is 12.9. The summed E-state index contributed by atoms with van der Waals surface area (Å²) in [5.74, 6) is 0.0225. The molecule has 2 amide bonds. The topological polar surface area (TPSA) is 85.7 Å². The molecule has 2 heterocycles. The number of nitrogens with zero attached hydrogens (tertiary/aromatic N) is 3. The molecule has 162 valence electrons. The van der Waals surface area contributed by atoms with Gasteiger partial charge in [0.1, 0.15) is 11.7 Å². The van der Waals surface area contributed by atoms with Crippen LogP contribution in [-0.2, 0) is 4.74 Å². The predicted molar refractivity (Wildman–Crippen MR) is 115 cm³/mol. The van der Waals surface area contributed by atoms with Crippen molar-refractivity contribution in [3.63, 3.8) is 0 Å². The molecule has 0 saturated carbocycles. The van der Waals surface area contributed by atoms with Gasteiger partial charge in [0.25, 0.3) is 5.91 Å². The molecule has 7 nitrogen and oxygen atoms in total. The Labute approximate surface area is 179 Å².